The second-order valence-corrected chi connectivity index (χ2v) is 3.87. The molecule has 1 aromatic carbocycles. The number of benzene rings is 1. The van der Waals surface area contributed by atoms with E-state index in [4.69, 9.17) is 9.84 Å². The first-order valence-electron chi connectivity index (χ1n) is 5.76. The van der Waals surface area contributed by atoms with Crippen molar-refractivity contribution < 1.29 is 19.0 Å². The van der Waals surface area contributed by atoms with Crippen molar-refractivity contribution in [1.29, 1.82) is 0 Å². The van der Waals surface area contributed by atoms with E-state index in [9.17, 15) is 9.18 Å². The fraction of sp³-hybridized carbons (Fsp3) is 0.143. The highest BCUT2D eigenvalue weighted by Gasteiger charge is 2.15. The third-order valence-electron chi connectivity index (χ3n) is 2.61. The molecule has 5 heteroatoms. The van der Waals surface area contributed by atoms with Crippen LogP contribution in [0.2, 0.25) is 0 Å². The Morgan fingerprint density at radius 3 is 2.84 bits per heavy atom. The average Bonchev–Trinajstić information content (AvgIpc) is 2.41. The zero-order valence-corrected chi connectivity index (χ0v) is 10.3. The van der Waals surface area contributed by atoms with Crippen LogP contribution >= 0.6 is 0 Å². The molecule has 1 heterocycles. The zero-order chi connectivity index (χ0) is 13.8. The largest absolute Gasteiger partial charge is 0.477 e. The maximum atomic E-state index is 13.0. The maximum absolute atomic E-state index is 13.0. The molecule has 0 aliphatic carbocycles. The van der Waals surface area contributed by atoms with Crippen LogP contribution in [-0.2, 0) is 6.42 Å². The highest BCUT2D eigenvalue weighted by molar-refractivity contribution is 5.90. The number of carbonyl (C=O) groups is 1. The Morgan fingerprint density at radius 2 is 2.16 bits per heavy atom. The number of nitrogens with zero attached hydrogens (tertiary/aromatic N) is 1. The fourth-order valence-corrected chi connectivity index (χ4v) is 1.66. The first-order valence-corrected chi connectivity index (χ1v) is 5.76. The van der Waals surface area contributed by atoms with Gasteiger partial charge in [0.25, 0.3) is 0 Å². The van der Waals surface area contributed by atoms with Crippen molar-refractivity contribution in [2.75, 3.05) is 0 Å². The van der Waals surface area contributed by atoms with Crippen molar-refractivity contribution in [2.45, 2.75) is 13.3 Å². The SMILES string of the molecule is CCc1ccccc1Oc1ncc(F)cc1C(=O)O. The van der Waals surface area contributed by atoms with Gasteiger partial charge in [-0.3, -0.25) is 0 Å². The molecule has 1 N–H and O–H groups in total. The van der Waals surface area contributed by atoms with Gasteiger partial charge in [-0.15, -0.1) is 0 Å². The number of halogens is 1. The summed E-state index contributed by atoms with van der Waals surface area (Å²) < 4.78 is 18.5. The van der Waals surface area contributed by atoms with E-state index in [2.05, 4.69) is 4.98 Å². The molecule has 0 aliphatic rings. The van der Waals surface area contributed by atoms with Crippen molar-refractivity contribution >= 4 is 5.97 Å². The number of ether oxygens (including phenoxy) is 1. The van der Waals surface area contributed by atoms with Gasteiger partial charge in [0, 0.05) is 0 Å². The summed E-state index contributed by atoms with van der Waals surface area (Å²) in [6.45, 7) is 1.96. The quantitative estimate of drug-likeness (QED) is 0.917. The van der Waals surface area contributed by atoms with Gasteiger partial charge in [0.1, 0.15) is 17.1 Å². The highest BCUT2D eigenvalue weighted by atomic mass is 19.1. The van der Waals surface area contributed by atoms with Crippen LogP contribution in [0.25, 0.3) is 0 Å². The van der Waals surface area contributed by atoms with E-state index in [1.54, 1.807) is 12.1 Å². The molecule has 19 heavy (non-hydrogen) atoms. The average molecular weight is 261 g/mol. The molecule has 0 radical (unpaired) electrons. The number of para-hydroxylation sites is 1. The first kappa shape index (κ1) is 13.0. The number of pyridine rings is 1. The number of aryl methyl sites for hydroxylation is 1. The molecule has 0 aliphatic heterocycles. The smallest absolute Gasteiger partial charge is 0.341 e. The van der Waals surface area contributed by atoms with E-state index in [0.717, 1.165) is 24.2 Å². The lowest BCUT2D eigenvalue weighted by atomic mass is 10.1. The molecule has 0 saturated heterocycles. The maximum Gasteiger partial charge on any atom is 0.341 e. The van der Waals surface area contributed by atoms with E-state index in [-0.39, 0.29) is 11.4 Å². The van der Waals surface area contributed by atoms with Gasteiger partial charge in [0.15, 0.2) is 0 Å². The van der Waals surface area contributed by atoms with Crippen LogP contribution in [0, 0.1) is 5.82 Å². The Balaban J connectivity index is 2.41. The number of hydrogen-bond donors (Lipinski definition) is 1. The van der Waals surface area contributed by atoms with Gasteiger partial charge in [-0.05, 0) is 24.1 Å². The first-order chi connectivity index (χ1) is 9.11. The molecular weight excluding hydrogens is 249 g/mol. The minimum Gasteiger partial charge on any atom is -0.477 e. The summed E-state index contributed by atoms with van der Waals surface area (Å²) in [4.78, 5) is 14.7. The van der Waals surface area contributed by atoms with Gasteiger partial charge >= 0.3 is 5.97 Å². The molecule has 98 valence electrons. The van der Waals surface area contributed by atoms with E-state index in [0.29, 0.717) is 5.75 Å². The Hall–Kier alpha value is -2.43. The molecule has 0 saturated carbocycles. The van der Waals surface area contributed by atoms with Crippen LogP contribution in [0.15, 0.2) is 36.5 Å². The Morgan fingerprint density at radius 1 is 1.42 bits per heavy atom. The van der Waals surface area contributed by atoms with Gasteiger partial charge in [-0.2, -0.15) is 0 Å². The van der Waals surface area contributed by atoms with Crippen LogP contribution < -0.4 is 4.74 Å². The number of carboxylic acid groups (broad SMARTS) is 1. The minimum atomic E-state index is -1.28. The van der Waals surface area contributed by atoms with E-state index < -0.39 is 11.8 Å². The van der Waals surface area contributed by atoms with Gasteiger partial charge in [0.05, 0.1) is 6.20 Å². The molecule has 2 aromatic rings. The molecule has 0 unspecified atom stereocenters. The fourth-order valence-electron chi connectivity index (χ4n) is 1.66. The van der Waals surface area contributed by atoms with E-state index in [1.165, 1.54) is 0 Å². The molecule has 2 rings (SSSR count). The van der Waals surface area contributed by atoms with Crippen molar-refractivity contribution in [1.82, 2.24) is 4.98 Å². The number of hydrogen-bond acceptors (Lipinski definition) is 3. The minimum absolute atomic E-state index is 0.116. The number of carboxylic acids is 1. The van der Waals surface area contributed by atoms with Gasteiger partial charge in [-0.25, -0.2) is 14.2 Å². The number of aromatic nitrogens is 1. The summed E-state index contributed by atoms with van der Waals surface area (Å²) >= 11 is 0. The normalized spacial score (nSPS) is 10.2. The molecule has 0 fully saturated rings. The lowest BCUT2D eigenvalue weighted by Crippen LogP contribution is -2.03. The summed E-state index contributed by atoms with van der Waals surface area (Å²) in [6.07, 6.45) is 1.66. The predicted octanol–water partition coefficient (Wildman–Crippen LogP) is 3.27. The Kier molecular flexibility index (Phi) is 3.75. The molecule has 0 bridgehead atoms. The second kappa shape index (κ2) is 5.48. The van der Waals surface area contributed by atoms with Crippen LogP contribution in [0.3, 0.4) is 0 Å². The topological polar surface area (TPSA) is 59.4 Å². The van der Waals surface area contributed by atoms with Gasteiger partial charge in [-0.1, -0.05) is 25.1 Å². The summed E-state index contributed by atoms with van der Waals surface area (Å²) in [6, 6.07) is 8.12. The number of rotatable bonds is 4. The molecule has 4 nitrogen and oxygen atoms in total. The van der Waals surface area contributed by atoms with E-state index >= 15 is 0 Å². The third-order valence-corrected chi connectivity index (χ3v) is 2.61. The van der Waals surface area contributed by atoms with Crippen molar-refractivity contribution in [3.8, 4) is 11.6 Å². The summed E-state index contributed by atoms with van der Waals surface area (Å²) in [5.74, 6) is -1.59. The van der Waals surface area contributed by atoms with Crippen LogP contribution in [-0.4, -0.2) is 16.1 Å². The molecule has 0 atom stereocenters. The third kappa shape index (κ3) is 2.88. The molecule has 0 amide bonds. The Bertz CT molecular complexity index is 613. The lowest BCUT2D eigenvalue weighted by Gasteiger charge is -2.10. The summed E-state index contributed by atoms with van der Waals surface area (Å²) in [5, 5.41) is 9.01. The lowest BCUT2D eigenvalue weighted by molar-refractivity contribution is 0.0692. The summed E-state index contributed by atoms with van der Waals surface area (Å²) in [5.41, 5.74) is 0.621. The molecule has 1 aromatic heterocycles. The Labute approximate surface area is 109 Å². The number of aromatic carboxylic acids is 1. The van der Waals surface area contributed by atoms with Gasteiger partial charge < -0.3 is 9.84 Å². The predicted molar refractivity (Wildman–Crippen MR) is 67.0 cm³/mol. The second-order valence-electron chi connectivity index (χ2n) is 3.87. The van der Waals surface area contributed by atoms with Crippen molar-refractivity contribution in [2.24, 2.45) is 0 Å². The van der Waals surface area contributed by atoms with Crippen LogP contribution in [0.5, 0.6) is 11.6 Å². The van der Waals surface area contributed by atoms with Crippen LogP contribution in [0.1, 0.15) is 22.8 Å². The zero-order valence-electron chi connectivity index (χ0n) is 10.3. The molecular formula is C14H12FNO3. The standard InChI is InChI=1S/C14H12FNO3/c1-2-9-5-3-4-6-12(9)19-13-11(14(17)18)7-10(15)8-16-13/h3-8H,2H2,1H3,(H,17,18). The van der Waals surface area contributed by atoms with Crippen molar-refractivity contribution in [3.63, 3.8) is 0 Å². The van der Waals surface area contributed by atoms with E-state index in [1.807, 2.05) is 19.1 Å². The highest BCUT2D eigenvalue weighted by Crippen LogP contribution is 2.27. The van der Waals surface area contributed by atoms with Crippen LogP contribution in [0.4, 0.5) is 4.39 Å². The monoisotopic (exact) mass is 261 g/mol. The van der Waals surface area contributed by atoms with Gasteiger partial charge in [0.2, 0.25) is 5.88 Å². The molecule has 0 spiro atoms. The van der Waals surface area contributed by atoms with Crippen molar-refractivity contribution in [3.05, 3.63) is 53.5 Å². The summed E-state index contributed by atoms with van der Waals surface area (Å²) in [7, 11) is 0.